The molecule has 2 rings (SSSR count). The van der Waals surface area contributed by atoms with Crippen molar-refractivity contribution < 1.29 is 31.9 Å². The van der Waals surface area contributed by atoms with Crippen molar-refractivity contribution in [3.8, 4) is 11.8 Å². The summed E-state index contributed by atoms with van der Waals surface area (Å²) in [7, 11) is 0.380. The number of rotatable bonds is 7. The van der Waals surface area contributed by atoms with Crippen molar-refractivity contribution >= 4 is 33.8 Å². The number of hydrogen-bond acceptors (Lipinski definition) is 8. The van der Waals surface area contributed by atoms with E-state index in [2.05, 4.69) is 9.97 Å². The number of ether oxygens (including phenoxy) is 2. The fraction of sp³-hybridized carbons (Fsp3) is 0.250. The normalized spacial score (nSPS) is 10.8. The predicted octanol–water partition coefficient (Wildman–Crippen LogP) is 0.386. The molecule has 0 saturated heterocycles. The third kappa shape index (κ3) is 4.65. The second kappa shape index (κ2) is 8.77. The van der Waals surface area contributed by atoms with Gasteiger partial charge in [0, 0.05) is 14.1 Å². The molecular weight excluding hydrogens is 423 g/mol. The van der Waals surface area contributed by atoms with Crippen LogP contribution < -0.4 is 24.2 Å². The summed E-state index contributed by atoms with van der Waals surface area (Å²) >= 11 is 0. The first kappa shape index (κ1) is 22.6. The van der Waals surface area contributed by atoms with Crippen molar-refractivity contribution in [2.75, 3.05) is 32.6 Å². The predicted molar refractivity (Wildman–Crippen MR) is 103 cm³/mol. The lowest BCUT2D eigenvalue weighted by atomic mass is 10.1. The first-order valence-corrected chi connectivity index (χ1v) is 9.55. The van der Waals surface area contributed by atoms with Crippen LogP contribution in [0.15, 0.2) is 24.3 Å². The molecule has 0 spiro atoms. The maximum absolute atomic E-state index is 14.6. The van der Waals surface area contributed by atoms with E-state index in [0.29, 0.717) is 4.31 Å². The van der Waals surface area contributed by atoms with Gasteiger partial charge >= 0.3 is 16.2 Å². The monoisotopic (exact) mass is 442 g/mol. The van der Waals surface area contributed by atoms with Gasteiger partial charge < -0.3 is 20.1 Å². The van der Waals surface area contributed by atoms with E-state index in [9.17, 15) is 22.4 Å². The Labute approximate surface area is 171 Å². The Morgan fingerprint density at radius 1 is 1.13 bits per heavy atom. The van der Waals surface area contributed by atoms with Gasteiger partial charge in [0.1, 0.15) is 11.4 Å². The largest absolute Gasteiger partial charge is 0.481 e. The lowest BCUT2D eigenvalue weighted by Crippen LogP contribution is -2.45. The van der Waals surface area contributed by atoms with Crippen LogP contribution >= 0.6 is 0 Å². The number of primary amides is 1. The number of nitrogens with one attached hydrogen (secondary N) is 1. The number of urea groups is 1. The summed E-state index contributed by atoms with van der Waals surface area (Å²) < 4.78 is 52.3. The van der Waals surface area contributed by atoms with E-state index in [-0.39, 0.29) is 11.8 Å². The average molecular weight is 442 g/mol. The maximum atomic E-state index is 14.6. The Hall–Kier alpha value is -3.68. The van der Waals surface area contributed by atoms with Crippen molar-refractivity contribution in [3.63, 3.8) is 0 Å². The van der Waals surface area contributed by atoms with Crippen LogP contribution in [0.1, 0.15) is 10.4 Å². The molecule has 0 aliphatic carbocycles. The van der Waals surface area contributed by atoms with Crippen molar-refractivity contribution in [2.24, 2.45) is 5.73 Å². The highest BCUT2D eigenvalue weighted by molar-refractivity contribution is 7.91. The number of carbonyl (C=O) groups is 2. The number of halogens is 1. The van der Waals surface area contributed by atoms with Gasteiger partial charge in [0.05, 0.1) is 26.0 Å². The molecule has 1 aromatic carbocycles. The summed E-state index contributed by atoms with van der Waals surface area (Å²) in [6, 6.07) is 3.11. The topological polar surface area (TPSA) is 157 Å². The van der Waals surface area contributed by atoms with Crippen molar-refractivity contribution in [1.82, 2.24) is 19.6 Å². The molecule has 0 radical (unpaired) electrons. The van der Waals surface area contributed by atoms with Crippen molar-refractivity contribution in [1.29, 1.82) is 0 Å². The molecule has 0 unspecified atom stereocenters. The quantitative estimate of drug-likeness (QED) is 0.623. The number of anilines is 2. The average Bonchev–Trinajstić information content (AvgIpc) is 2.66. The zero-order valence-corrected chi connectivity index (χ0v) is 17.2. The number of nitrogens with two attached hydrogens (primary N) is 1. The fourth-order valence-corrected chi connectivity index (χ4v) is 3.38. The minimum Gasteiger partial charge on any atom is -0.481 e. The molecule has 0 aliphatic rings. The molecule has 3 N–H and O–H groups in total. The highest BCUT2D eigenvalue weighted by Crippen LogP contribution is 2.33. The van der Waals surface area contributed by atoms with Gasteiger partial charge in [0.15, 0.2) is 0 Å². The van der Waals surface area contributed by atoms with Gasteiger partial charge in [0.25, 0.3) is 11.9 Å². The second-order valence-electron chi connectivity index (χ2n) is 5.82. The van der Waals surface area contributed by atoms with Gasteiger partial charge in [-0.05, 0) is 12.1 Å². The molecule has 0 saturated carbocycles. The van der Waals surface area contributed by atoms with Gasteiger partial charge in [-0.15, -0.1) is 0 Å². The molecular formula is C16H19FN6O6S. The Bertz CT molecular complexity index is 1060. The zero-order chi connectivity index (χ0) is 22.6. The number of carbonyl (C=O) groups excluding carboxylic acids is 2. The van der Waals surface area contributed by atoms with Crippen LogP contribution in [0.2, 0.25) is 0 Å². The number of aromatic nitrogens is 2. The summed E-state index contributed by atoms with van der Waals surface area (Å²) in [5.74, 6) is -2.67. The molecule has 1 aromatic heterocycles. The lowest BCUT2D eigenvalue weighted by Gasteiger charge is -2.25. The van der Waals surface area contributed by atoms with E-state index < -0.39 is 45.2 Å². The van der Waals surface area contributed by atoms with Crippen LogP contribution in [-0.4, -0.2) is 63.5 Å². The van der Waals surface area contributed by atoms with Crippen LogP contribution in [0.4, 0.5) is 20.8 Å². The van der Waals surface area contributed by atoms with E-state index in [1.165, 1.54) is 45.2 Å². The zero-order valence-electron chi connectivity index (χ0n) is 16.4. The van der Waals surface area contributed by atoms with Crippen LogP contribution in [0.25, 0.3) is 0 Å². The number of hydrogen-bond donors (Lipinski definition) is 2. The molecule has 12 nitrogen and oxygen atoms in total. The SMILES string of the molecule is COc1cc(OC)nc(N(c2cccc(F)c2C(=O)N(C)C)S(=O)(=O)NC(N)=O)n1. The molecule has 0 atom stereocenters. The molecule has 0 bridgehead atoms. The van der Waals surface area contributed by atoms with E-state index in [1.54, 1.807) is 0 Å². The first-order valence-electron chi connectivity index (χ1n) is 8.11. The molecule has 30 heavy (non-hydrogen) atoms. The summed E-state index contributed by atoms with van der Waals surface area (Å²) in [6.45, 7) is 0. The Kier molecular flexibility index (Phi) is 6.61. The van der Waals surface area contributed by atoms with E-state index >= 15 is 0 Å². The summed E-state index contributed by atoms with van der Waals surface area (Å²) in [6.07, 6.45) is 0. The minimum atomic E-state index is -4.84. The van der Waals surface area contributed by atoms with Crippen LogP contribution in [0, 0.1) is 5.82 Å². The molecule has 14 heteroatoms. The number of amides is 3. The highest BCUT2D eigenvalue weighted by atomic mass is 32.2. The van der Waals surface area contributed by atoms with E-state index in [0.717, 1.165) is 17.0 Å². The number of methoxy groups -OCH3 is 2. The highest BCUT2D eigenvalue weighted by Gasteiger charge is 2.34. The smallest absolute Gasteiger partial charge is 0.334 e. The van der Waals surface area contributed by atoms with Crippen LogP contribution in [-0.2, 0) is 10.2 Å². The van der Waals surface area contributed by atoms with Gasteiger partial charge in [0.2, 0.25) is 11.8 Å². The van der Waals surface area contributed by atoms with Crippen molar-refractivity contribution in [3.05, 3.63) is 35.6 Å². The molecule has 2 aromatic rings. The Balaban J connectivity index is 2.89. The van der Waals surface area contributed by atoms with Crippen LogP contribution in [0.3, 0.4) is 0 Å². The maximum Gasteiger partial charge on any atom is 0.334 e. The third-order valence-corrected chi connectivity index (χ3v) is 4.87. The van der Waals surface area contributed by atoms with E-state index in [1.807, 2.05) is 0 Å². The summed E-state index contributed by atoms with van der Waals surface area (Å²) in [5.41, 5.74) is 3.88. The van der Waals surface area contributed by atoms with Gasteiger partial charge in [-0.3, -0.25) is 4.79 Å². The number of nitrogens with zero attached hydrogens (tertiary/aromatic N) is 4. The fourth-order valence-electron chi connectivity index (χ4n) is 2.33. The Morgan fingerprint density at radius 3 is 2.17 bits per heavy atom. The standard InChI is InChI=1S/C16H19FN6O6S/c1-22(2)14(24)13-9(17)6-5-7-10(13)23(30(26,27)21-15(18)25)16-19-11(28-3)8-12(20-16)29-4/h5-8H,1-4H3,(H3,18,21,25). The number of benzene rings is 1. The lowest BCUT2D eigenvalue weighted by molar-refractivity contribution is 0.0824. The Morgan fingerprint density at radius 2 is 1.70 bits per heavy atom. The van der Waals surface area contributed by atoms with Gasteiger partial charge in [-0.25, -0.2) is 13.9 Å². The minimum absolute atomic E-state index is 0.104. The molecule has 162 valence electrons. The first-order chi connectivity index (χ1) is 14.0. The molecule has 3 amide bonds. The molecule has 0 fully saturated rings. The summed E-state index contributed by atoms with van der Waals surface area (Å²) in [4.78, 5) is 32.7. The second-order valence-corrected chi connectivity index (χ2v) is 7.34. The third-order valence-electron chi connectivity index (χ3n) is 3.57. The van der Waals surface area contributed by atoms with Gasteiger partial charge in [-0.1, -0.05) is 6.07 Å². The van der Waals surface area contributed by atoms with E-state index in [4.69, 9.17) is 15.2 Å². The molecule has 1 heterocycles. The summed E-state index contributed by atoms with van der Waals surface area (Å²) in [5, 5.41) is 0. The van der Waals surface area contributed by atoms with Crippen molar-refractivity contribution in [2.45, 2.75) is 0 Å². The van der Waals surface area contributed by atoms with Gasteiger partial charge in [-0.2, -0.15) is 22.7 Å². The van der Waals surface area contributed by atoms with Crippen LogP contribution in [0.5, 0.6) is 11.8 Å². The molecule has 0 aliphatic heterocycles.